The van der Waals surface area contributed by atoms with Gasteiger partial charge in [0, 0.05) is 31.0 Å². The lowest BCUT2D eigenvalue weighted by atomic mass is 10.1. The lowest BCUT2D eigenvalue weighted by molar-refractivity contribution is 0.693. The van der Waals surface area contributed by atoms with E-state index in [1.807, 2.05) is 36.4 Å². The van der Waals surface area contributed by atoms with E-state index in [0.717, 1.165) is 30.0 Å². The lowest BCUT2D eigenvalue weighted by Crippen LogP contribution is -2.12. The Morgan fingerprint density at radius 3 is 2.13 bits per heavy atom. The SMILES string of the molecule is Clc1ccc(CNCc2ccc(-c3ncccn3)cc2)cc1Cl. The highest BCUT2D eigenvalue weighted by molar-refractivity contribution is 6.42. The van der Waals surface area contributed by atoms with Gasteiger partial charge in [0.15, 0.2) is 5.82 Å². The van der Waals surface area contributed by atoms with Crippen molar-refractivity contribution >= 4 is 23.2 Å². The van der Waals surface area contributed by atoms with E-state index in [0.29, 0.717) is 10.0 Å². The molecule has 116 valence electrons. The van der Waals surface area contributed by atoms with E-state index in [2.05, 4.69) is 27.4 Å². The predicted octanol–water partition coefficient (Wildman–Crippen LogP) is 4.74. The molecule has 3 rings (SSSR count). The molecule has 0 amide bonds. The maximum absolute atomic E-state index is 6.01. The summed E-state index contributed by atoms with van der Waals surface area (Å²) in [5, 5.41) is 4.55. The highest BCUT2D eigenvalue weighted by atomic mass is 35.5. The summed E-state index contributed by atoms with van der Waals surface area (Å²) in [7, 11) is 0. The van der Waals surface area contributed by atoms with Crippen molar-refractivity contribution in [3.63, 3.8) is 0 Å². The van der Waals surface area contributed by atoms with Crippen molar-refractivity contribution in [1.29, 1.82) is 0 Å². The molecule has 3 aromatic rings. The largest absolute Gasteiger partial charge is 0.309 e. The van der Waals surface area contributed by atoms with Gasteiger partial charge >= 0.3 is 0 Å². The van der Waals surface area contributed by atoms with E-state index in [4.69, 9.17) is 23.2 Å². The molecule has 3 nitrogen and oxygen atoms in total. The molecular weight excluding hydrogens is 329 g/mol. The summed E-state index contributed by atoms with van der Waals surface area (Å²) < 4.78 is 0. The summed E-state index contributed by atoms with van der Waals surface area (Å²) in [4.78, 5) is 8.49. The Bertz CT molecular complexity index is 774. The molecule has 0 fully saturated rings. The van der Waals surface area contributed by atoms with E-state index in [1.165, 1.54) is 5.56 Å². The summed E-state index contributed by atoms with van der Waals surface area (Å²) >= 11 is 11.9. The molecule has 1 aromatic heterocycles. The number of halogens is 2. The molecule has 0 radical (unpaired) electrons. The third-order valence-electron chi connectivity index (χ3n) is 3.42. The zero-order valence-electron chi connectivity index (χ0n) is 12.3. The molecule has 0 bridgehead atoms. The molecule has 0 unspecified atom stereocenters. The second-order valence-corrected chi connectivity index (χ2v) is 5.94. The van der Waals surface area contributed by atoms with E-state index < -0.39 is 0 Å². The van der Waals surface area contributed by atoms with Gasteiger partial charge in [-0.2, -0.15) is 0 Å². The van der Waals surface area contributed by atoms with Crippen LogP contribution in [-0.4, -0.2) is 9.97 Å². The first-order valence-corrected chi connectivity index (χ1v) is 7.99. The van der Waals surface area contributed by atoms with Gasteiger partial charge in [0.05, 0.1) is 10.0 Å². The number of nitrogens with one attached hydrogen (secondary N) is 1. The van der Waals surface area contributed by atoms with E-state index >= 15 is 0 Å². The molecule has 0 aliphatic carbocycles. The van der Waals surface area contributed by atoms with Gasteiger partial charge in [-0.25, -0.2) is 9.97 Å². The monoisotopic (exact) mass is 343 g/mol. The van der Waals surface area contributed by atoms with Crippen LogP contribution in [0.3, 0.4) is 0 Å². The number of hydrogen-bond donors (Lipinski definition) is 1. The molecule has 1 N–H and O–H groups in total. The molecule has 0 saturated carbocycles. The van der Waals surface area contributed by atoms with Crippen LogP contribution in [0.5, 0.6) is 0 Å². The van der Waals surface area contributed by atoms with Crippen LogP contribution in [-0.2, 0) is 13.1 Å². The topological polar surface area (TPSA) is 37.8 Å². The maximum Gasteiger partial charge on any atom is 0.159 e. The smallest absolute Gasteiger partial charge is 0.159 e. The summed E-state index contributed by atoms with van der Waals surface area (Å²) in [5.41, 5.74) is 3.32. The normalized spacial score (nSPS) is 10.7. The Kier molecular flexibility index (Phi) is 5.23. The van der Waals surface area contributed by atoms with E-state index in [-0.39, 0.29) is 0 Å². The number of hydrogen-bond acceptors (Lipinski definition) is 3. The average molecular weight is 344 g/mol. The second-order valence-electron chi connectivity index (χ2n) is 5.12. The molecule has 0 saturated heterocycles. The van der Waals surface area contributed by atoms with Crippen molar-refractivity contribution < 1.29 is 0 Å². The van der Waals surface area contributed by atoms with Crippen molar-refractivity contribution in [1.82, 2.24) is 15.3 Å². The van der Waals surface area contributed by atoms with Gasteiger partial charge in [0.2, 0.25) is 0 Å². The zero-order chi connectivity index (χ0) is 16.1. The van der Waals surface area contributed by atoms with Crippen molar-refractivity contribution in [3.05, 3.63) is 82.1 Å². The van der Waals surface area contributed by atoms with Crippen molar-refractivity contribution in [2.24, 2.45) is 0 Å². The van der Waals surface area contributed by atoms with Crippen molar-refractivity contribution in [2.45, 2.75) is 13.1 Å². The van der Waals surface area contributed by atoms with Gasteiger partial charge in [-0.1, -0.05) is 53.5 Å². The quantitative estimate of drug-likeness (QED) is 0.726. The highest BCUT2D eigenvalue weighted by Crippen LogP contribution is 2.22. The molecule has 0 aliphatic heterocycles. The van der Waals surface area contributed by atoms with Gasteiger partial charge in [-0.05, 0) is 29.3 Å². The van der Waals surface area contributed by atoms with Crippen LogP contribution in [0.2, 0.25) is 10.0 Å². The van der Waals surface area contributed by atoms with Crippen LogP contribution in [0.4, 0.5) is 0 Å². The third-order valence-corrected chi connectivity index (χ3v) is 4.16. The van der Waals surface area contributed by atoms with E-state index in [1.54, 1.807) is 12.4 Å². The zero-order valence-corrected chi connectivity index (χ0v) is 13.8. The number of rotatable bonds is 5. The van der Waals surface area contributed by atoms with Crippen LogP contribution in [0, 0.1) is 0 Å². The minimum atomic E-state index is 0.578. The maximum atomic E-state index is 6.01. The van der Waals surface area contributed by atoms with Gasteiger partial charge in [0.1, 0.15) is 0 Å². The first kappa shape index (κ1) is 15.9. The first-order chi connectivity index (χ1) is 11.2. The molecule has 2 aromatic carbocycles. The van der Waals surface area contributed by atoms with E-state index in [9.17, 15) is 0 Å². The molecular formula is C18H15Cl2N3. The molecule has 0 atom stereocenters. The van der Waals surface area contributed by atoms with Gasteiger partial charge < -0.3 is 5.32 Å². The van der Waals surface area contributed by atoms with Crippen LogP contribution in [0.25, 0.3) is 11.4 Å². The van der Waals surface area contributed by atoms with Crippen LogP contribution in [0.1, 0.15) is 11.1 Å². The molecule has 23 heavy (non-hydrogen) atoms. The molecule has 0 spiro atoms. The Hall–Kier alpha value is -1.94. The predicted molar refractivity (Wildman–Crippen MR) is 94.5 cm³/mol. The molecule has 5 heteroatoms. The lowest BCUT2D eigenvalue weighted by Gasteiger charge is -2.07. The Morgan fingerprint density at radius 2 is 1.43 bits per heavy atom. The summed E-state index contributed by atoms with van der Waals surface area (Å²) in [6, 6.07) is 15.7. The number of benzene rings is 2. The van der Waals surface area contributed by atoms with Gasteiger partial charge in [0.25, 0.3) is 0 Å². The van der Waals surface area contributed by atoms with Crippen LogP contribution in [0.15, 0.2) is 60.9 Å². The van der Waals surface area contributed by atoms with Crippen LogP contribution >= 0.6 is 23.2 Å². The fourth-order valence-electron chi connectivity index (χ4n) is 2.22. The van der Waals surface area contributed by atoms with Gasteiger partial charge in [-0.15, -0.1) is 0 Å². The first-order valence-electron chi connectivity index (χ1n) is 7.23. The molecule has 0 aliphatic rings. The Labute approximate surface area is 145 Å². The standard InChI is InChI=1S/C18H15Cl2N3/c19-16-7-4-14(10-17(16)20)12-21-11-13-2-5-15(6-3-13)18-22-8-1-9-23-18/h1-10,21H,11-12H2. The molecule has 1 heterocycles. The van der Waals surface area contributed by atoms with Crippen molar-refractivity contribution in [3.8, 4) is 11.4 Å². The Balaban J connectivity index is 1.57. The third kappa shape index (κ3) is 4.29. The number of nitrogens with zero attached hydrogens (tertiary/aromatic N) is 2. The van der Waals surface area contributed by atoms with Crippen LogP contribution < -0.4 is 5.32 Å². The Morgan fingerprint density at radius 1 is 0.783 bits per heavy atom. The summed E-state index contributed by atoms with van der Waals surface area (Å²) in [6.45, 7) is 1.51. The fourth-order valence-corrected chi connectivity index (χ4v) is 2.54. The summed E-state index contributed by atoms with van der Waals surface area (Å²) in [5.74, 6) is 0.739. The number of aromatic nitrogens is 2. The van der Waals surface area contributed by atoms with Crippen molar-refractivity contribution in [2.75, 3.05) is 0 Å². The fraction of sp³-hybridized carbons (Fsp3) is 0.111. The second kappa shape index (κ2) is 7.55. The van der Waals surface area contributed by atoms with Gasteiger partial charge in [-0.3, -0.25) is 0 Å². The average Bonchev–Trinajstić information content (AvgIpc) is 2.59. The minimum Gasteiger partial charge on any atom is -0.309 e. The highest BCUT2D eigenvalue weighted by Gasteiger charge is 2.01. The minimum absolute atomic E-state index is 0.578. The summed E-state index contributed by atoms with van der Waals surface area (Å²) in [6.07, 6.45) is 3.49.